The topological polar surface area (TPSA) is 44.1 Å². The molecule has 0 saturated carbocycles. The Labute approximate surface area is 98.9 Å². The second-order valence-corrected chi connectivity index (χ2v) is 4.44. The summed E-state index contributed by atoms with van der Waals surface area (Å²) in [6.07, 6.45) is 2.53. The van der Waals surface area contributed by atoms with E-state index in [0.717, 1.165) is 29.5 Å². The van der Waals surface area contributed by atoms with Gasteiger partial charge in [-0.3, -0.25) is 9.36 Å². The predicted molar refractivity (Wildman–Crippen MR) is 65.2 cm³/mol. The Balaban J connectivity index is 2.25. The van der Waals surface area contributed by atoms with E-state index in [1.807, 2.05) is 25.1 Å². The number of hydrogen-bond donors (Lipinski definition) is 0. The van der Waals surface area contributed by atoms with Crippen molar-refractivity contribution in [3.8, 4) is 0 Å². The summed E-state index contributed by atoms with van der Waals surface area (Å²) in [5, 5.41) is 0.724. The maximum absolute atomic E-state index is 12.4. The highest BCUT2D eigenvalue weighted by molar-refractivity contribution is 5.80. The van der Waals surface area contributed by atoms with E-state index in [9.17, 15) is 4.79 Å². The van der Waals surface area contributed by atoms with Crippen molar-refractivity contribution in [2.24, 2.45) is 0 Å². The van der Waals surface area contributed by atoms with Crippen molar-refractivity contribution >= 4 is 10.9 Å². The Morgan fingerprint density at radius 1 is 1.47 bits per heavy atom. The van der Waals surface area contributed by atoms with Crippen LogP contribution < -0.4 is 5.56 Å². The molecule has 0 amide bonds. The van der Waals surface area contributed by atoms with E-state index in [1.54, 1.807) is 10.9 Å². The summed E-state index contributed by atoms with van der Waals surface area (Å²) in [6.45, 7) is 3.28. The lowest BCUT2D eigenvalue weighted by molar-refractivity contribution is 0.186. The number of fused-ring (bicyclic) bond motifs is 1. The third-order valence-electron chi connectivity index (χ3n) is 3.32. The fourth-order valence-electron chi connectivity index (χ4n) is 2.35. The van der Waals surface area contributed by atoms with Gasteiger partial charge in [0, 0.05) is 6.61 Å². The lowest BCUT2D eigenvalue weighted by Crippen LogP contribution is -2.25. The number of hydrogen-bond acceptors (Lipinski definition) is 3. The Kier molecular flexibility index (Phi) is 2.44. The Bertz CT molecular complexity index is 612. The third kappa shape index (κ3) is 1.65. The van der Waals surface area contributed by atoms with Gasteiger partial charge in [-0.1, -0.05) is 12.1 Å². The molecule has 88 valence electrons. The van der Waals surface area contributed by atoms with Gasteiger partial charge in [0.15, 0.2) is 0 Å². The zero-order valence-electron chi connectivity index (χ0n) is 9.72. The van der Waals surface area contributed by atoms with Crippen molar-refractivity contribution in [3.63, 3.8) is 0 Å². The number of aryl methyl sites for hydroxylation is 1. The van der Waals surface area contributed by atoms with Crippen LogP contribution in [-0.2, 0) is 4.74 Å². The van der Waals surface area contributed by atoms with Gasteiger partial charge >= 0.3 is 0 Å². The van der Waals surface area contributed by atoms with Gasteiger partial charge in [-0.2, -0.15) is 0 Å². The summed E-state index contributed by atoms with van der Waals surface area (Å²) in [6, 6.07) is 5.88. The van der Waals surface area contributed by atoms with Crippen LogP contribution in [0.2, 0.25) is 0 Å². The minimum absolute atomic E-state index is 0.0450. The summed E-state index contributed by atoms with van der Waals surface area (Å²) in [4.78, 5) is 16.8. The molecule has 2 aromatic rings. The molecular formula is C13H14N2O2. The van der Waals surface area contributed by atoms with Gasteiger partial charge in [-0.05, 0) is 25.0 Å². The fourth-order valence-corrected chi connectivity index (χ4v) is 2.35. The quantitative estimate of drug-likeness (QED) is 0.748. The van der Waals surface area contributed by atoms with Gasteiger partial charge in [0.1, 0.15) is 0 Å². The van der Waals surface area contributed by atoms with Crippen LogP contribution in [0.4, 0.5) is 0 Å². The van der Waals surface area contributed by atoms with Gasteiger partial charge in [0.25, 0.3) is 5.56 Å². The van der Waals surface area contributed by atoms with E-state index in [1.165, 1.54) is 0 Å². The van der Waals surface area contributed by atoms with E-state index >= 15 is 0 Å². The summed E-state index contributed by atoms with van der Waals surface area (Å²) in [7, 11) is 0. The molecule has 1 atom stereocenters. The van der Waals surface area contributed by atoms with Crippen molar-refractivity contribution in [3.05, 3.63) is 40.4 Å². The Hall–Kier alpha value is -1.68. The van der Waals surface area contributed by atoms with Gasteiger partial charge in [-0.15, -0.1) is 0 Å². The molecule has 0 bridgehead atoms. The largest absolute Gasteiger partial charge is 0.379 e. The molecule has 0 N–H and O–H groups in total. The average Bonchev–Trinajstić information content (AvgIpc) is 2.83. The lowest BCUT2D eigenvalue weighted by atomic mass is 10.1. The molecule has 1 saturated heterocycles. The molecule has 17 heavy (non-hydrogen) atoms. The molecule has 4 heteroatoms. The maximum atomic E-state index is 12.4. The average molecular weight is 230 g/mol. The SMILES string of the molecule is Cc1cccc2ncn([C@H]3CCOC3)c(=O)c12. The molecule has 1 aromatic heterocycles. The molecule has 1 fully saturated rings. The van der Waals surface area contributed by atoms with Crippen LogP contribution in [0.25, 0.3) is 10.9 Å². The van der Waals surface area contributed by atoms with Crippen LogP contribution in [0.15, 0.2) is 29.3 Å². The molecule has 1 aliphatic heterocycles. The summed E-state index contributed by atoms with van der Waals surface area (Å²) >= 11 is 0. The monoisotopic (exact) mass is 230 g/mol. The van der Waals surface area contributed by atoms with Gasteiger partial charge in [0.2, 0.25) is 0 Å². The van der Waals surface area contributed by atoms with Crippen LogP contribution >= 0.6 is 0 Å². The smallest absolute Gasteiger partial charge is 0.261 e. The first-order valence-corrected chi connectivity index (χ1v) is 5.81. The zero-order valence-corrected chi connectivity index (χ0v) is 9.72. The second-order valence-electron chi connectivity index (χ2n) is 4.44. The summed E-state index contributed by atoms with van der Waals surface area (Å²) in [5.74, 6) is 0. The lowest BCUT2D eigenvalue weighted by Gasteiger charge is -2.12. The minimum Gasteiger partial charge on any atom is -0.379 e. The zero-order chi connectivity index (χ0) is 11.8. The van der Waals surface area contributed by atoms with Crippen LogP contribution in [0.3, 0.4) is 0 Å². The molecule has 4 nitrogen and oxygen atoms in total. The number of benzene rings is 1. The molecule has 0 aliphatic carbocycles. The van der Waals surface area contributed by atoms with E-state index in [4.69, 9.17) is 4.74 Å². The van der Waals surface area contributed by atoms with E-state index in [-0.39, 0.29) is 11.6 Å². The first kappa shape index (κ1) is 10.5. The number of rotatable bonds is 1. The standard InChI is InChI=1S/C13H14N2O2/c1-9-3-2-4-11-12(9)13(16)15(8-14-11)10-5-6-17-7-10/h2-4,8,10H,5-7H2,1H3/t10-/m0/s1. The molecule has 0 unspecified atom stereocenters. The Morgan fingerprint density at radius 3 is 3.12 bits per heavy atom. The van der Waals surface area contributed by atoms with E-state index in [0.29, 0.717) is 6.61 Å². The molecule has 1 aromatic carbocycles. The first-order valence-electron chi connectivity index (χ1n) is 5.81. The molecule has 0 radical (unpaired) electrons. The highest BCUT2D eigenvalue weighted by Gasteiger charge is 2.19. The van der Waals surface area contributed by atoms with Crippen LogP contribution in [0.5, 0.6) is 0 Å². The number of nitrogens with zero attached hydrogens (tertiary/aromatic N) is 2. The van der Waals surface area contributed by atoms with Gasteiger partial charge in [0.05, 0.1) is 29.9 Å². The van der Waals surface area contributed by atoms with E-state index < -0.39 is 0 Å². The van der Waals surface area contributed by atoms with Gasteiger partial charge < -0.3 is 4.74 Å². The normalized spacial score (nSPS) is 19.9. The van der Waals surface area contributed by atoms with Crippen LogP contribution in [0, 0.1) is 6.92 Å². The van der Waals surface area contributed by atoms with Crippen molar-refractivity contribution < 1.29 is 4.74 Å². The highest BCUT2D eigenvalue weighted by atomic mass is 16.5. The third-order valence-corrected chi connectivity index (χ3v) is 3.32. The number of ether oxygens (including phenoxy) is 1. The fraction of sp³-hybridized carbons (Fsp3) is 0.385. The predicted octanol–water partition coefficient (Wildman–Crippen LogP) is 1.67. The molecule has 2 heterocycles. The van der Waals surface area contributed by atoms with Crippen LogP contribution in [0.1, 0.15) is 18.0 Å². The minimum atomic E-state index is 0.0450. The van der Waals surface area contributed by atoms with Crippen LogP contribution in [-0.4, -0.2) is 22.8 Å². The molecule has 0 spiro atoms. The summed E-state index contributed by atoms with van der Waals surface area (Å²) < 4.78 is 7.03. The summed E-state index contributed by atoms with van der Waals surface area (Å²) in [5.41, 5.74) is 1.79. The van der Waals surface area contributed by atoms with Gasteiger partial charge in [-0.25, -0.2) is 4.98 Å². The van der Waals surface area contributed by atoms with Crippen molar-refractivity contribution in [2.75, 3.05) is 13.2 Å². The highest BCUT2D eigenvalue weighted by Crippen LogP contribution is 2.18. The first-order chi connectivity index (χ1) is 8.27. The molecular weight excluding hydrogens is 216 g/mol. The number of aromatic nitrogens is 2. The molecule has 1 aliphatic rings. The Morgan fingerprint density at radius 2 is 2.35 bits per heavy atom. The van der Waals surface area contributed by atoms with Crippen molar-refractivity contribution in [2.45, 2.75) is 19.4 Å². The maximum Gasteiger partial charge on any atom is 0.261 e. The van der Waals surface area contributed by atoms with Crippen molar-refractivity contribution in [1.29, 1.82) is 0 Å². The molecule has 3 rings (SSSR count). The van der Waals surface area contributed by atoms with Crippen molar-refractivity contribution in [1.82, 2.24) is 9.55 Å². The second kappa shape index (κ2) is 3.96. The van der Waals surface area contributed by atoms with E-state index in [2.05, 4.69) is 4.98 Å².